The van der Waals surface area contributed by atoms with E-state index in [1.807, 2.05) is 6.92 Å². The van der Waals surface area contributed by atoms with Crippen molar-refractivity contribution in [1.82, 2.24) is 0 Å². The number of hydrogen-bond acceptors (Lipinski definition) is 3. The number of hydrogen-bond donors (Lipinski definition) is 0. The van der Waals surface area contributed by atoms with Gasteiger partial charge in [0.15, 0.2) is 0 Å². The highest BCUT2D eigenvalue weighted by molar-refractivity contribution is 6.73. The van der Waals surface area contributed by atoms with Crippen molar-refractivity contribution in [2.24, 2.45) is 0 Å². The van der Waals surface area contributed by atoms with Crippen molar-refractivity contribution < 1.29 is 14.3 Å². The number of Topliss-reactive ketones (excluding diaryl/α,β-unsaturated/α-hetero) is 1. The molecule has 0 aliphatic rings. The average Bonchev–Trinajstić information content (AvgIpc) is 2.65. The van der Waals surface area contributed by atoms with Gasteiger partial charge in [-0.2, -0.15) is 0 Å². The lowest BCUT2D eigenvalue weighted by Gasteiger charge is -2.38. The van der Waals surface area contributed by atoms with Gasteiger partial charge in [-0.05, 0) is 38.4 Å². The molecular formula is C27H56O3Si. The molecule has 3 nitrogen and oxygen atoms in total. The van der Waals surface area contributed by atoms with E-state index in [-0.39, 0.29) is 10.8 Å². The number of carbonyl (C=O) groups is 1. The first kappa shape index (κ1) is 30.8. The second-order valence-electron chi connectivity index (χ2n) is 11.6. The lowest BCUT2D eigenvalue weighted by Crippen LogP contribution is -2.44. The highest BCUT2D eigenvalue weighted by atomic mass is 28.4. The number of ketones is 1. The summed E-state index contributed by atoms with van der Waals surface area (Å²) in [6.45, 7) is 17.0. The van der Waals surface area contributed by atoms with Crippen LogP contribution in [0.15, 0.2) is 0 Å². The Labute approximate surface area is 196 Å². The molecule has 0 aromatic heterocycles. The van der Waals surface area contributed by atoms with E-state index in [1.54, 1.807) is 6.92 Å². The first-order chi connectivity index (χ1) is 14.4. The minimum atomic E-state index is -1.99. The van der Waals surface area contributed by atoms with Crippen molar-refractivity contribution in [3.05, 3.63) is 0 Å². The molecule has 31 heavy (non-hydrogen) atoms. The molecule has 4 heteroatoms. The van der Waals surface area contributed by atoms with Gasteiger partial charge in [0, 0.05) is 6.42 Å². The van der Waals surface area contributed by atoms with Crippen LogP contribution in [0.5, 0.6) is 0 Å². The molecule has 1 atom stereocenters. The zero-order valence-electron chi connectivity index (χ0n) is 22.5. The van der Waals surface area contributed by atoms with Crippen LogP contribution < -0.4 is 0 Å². The van der Waals surface area contributed by atoms with E-state index in [2.05, 4.69) is 40.8 Å². The Hall–Kier alpha value is -0.193. The van der Waals surface area contributed by atoms with E-state index in [0.717, 1.165) is 12.8 Å². The van der Waals surface area contributed by atoms with Crippen LogP contribution in [0.1, 0.15) is 144 Å². The summed E-state index contributed by atoms with van der Waals surface area (Å²) >= 11 is 0. The molecule has 0 aliphatic heterocycles. The molecule has 0 amide bonds. The normalized spacial score (nSPS) is 14.6. The van der Waals surface area contributed by atoms with Gasteiger partial charge in [0.25, 0.3) is 0 Å². The van der Waals surface area contributed by atoms with Crippen LogP contribution in [-0.4, -0.2) is 19.7 Å². The van der Waals surface area contributed by atoms with E-state index >= 15 is 0 Å². The summed E-state index contributed by atoms with van der Waals surface area (Å²) in [6.07, 6.45) is 20.3. The van der Waals surface area contributed by atoms with Crippen molar-refractivity contribution in [3.8, 4) is 0 Å². The standard InChI is InChI=1S/C27H56O3Si/c1-9-10-11-12-13-14-15-16-17-18-19-20-21-22-23-27(6,24-25(2)28)29-30-31(7,8)26(3,4)5/h9-24H2,1-8H3/t27-/m0/s1. The van der Waals surface area contributed by atoms with E-state index in [4.69, 9.17) is 9.46 Å². The average molecular weight is 457 g/mol. The number of unbranched alkanes of at least 4 members (excludes halogenated alkanes) is 13. The van der Waals surface area contributed by atoms with Crippen LogP contribution in [0.3, 0.4) is 0 Å². The molecular weight excluding hydrogens is 400 g/mol. The van der Waals surface area contributed by atoms with E-state index in [9.17, 15) is 4.79 Å². The second kappa shape index (κ2) is 16.4. The maximum atomic E-state index is 11.8. The van der Waals surface area contributed by atoms with Gasteiger partial charge in [-0.3, -0.25) is 9.37 Å². The lowest BCUT2D eigenvalue weighted by atomic mass is 9.92. The molecule has 0 aliphatic carbocycles. The van der Waals surface area contributed by atoms with Gasteiger partial charge in [0.1, 0.15) is 11.4 Å². The molecule has 0 saturated heterocycles. The Bertz CT molecular complexity index is 456. The third-order valence-electron chi connectivity index (χ3n) is 6.94. The van der Waals surface area contributed by atoms with Gasteiger partial charge < -0.3 is 0 Å². The third-order valence-corrected chi connectivity index (χ3v) is 11.1. The maximum absolute atomic E-state index is 11.8. The van der Waals surface area contributed by atoms with Crippen molar-refractivity contribution in [2.75, 3.05) is 0 Å². The first-order valence-corrected chi connectivity index (χ1v) is 16.2. The molecule has 0 fully saturated rings. The summed E-state index contributed by atoms with van der Waals surface area (Å²) in [6, 6.07) is 0. The molecule has 186 valence electrons. The van der Waals surface area contributed by atoms with Crippen LogP contribution in [0, 0.1) is 0 Å². The van der Waals surface area contributed by atoms with Crippen LogP contribution in [0.2, 0.25) is 18.1 Å². The van der Waals surface area contributed by atoms with Gasteiger partial charge in [0.2, 0.25) is 8.32 Å². The zero-order chi connectivity index (χ0) is 23.8. The minimum Gasteiger partial charge on any atom is -0.300 e. The first-order valence-electron chi connectivity index (χ1n) is 13.3. The third kappa shape index (κ3) is 16.1. The fourth-order valence-corrected chi connectivity index (χ4v) is 4.37. The van der Waals surface area contributed by atoms with Crippen LogP contribution in [0.4, 0.5) is 0 Å². The summed E-state index contributed by atoms with van der Waals surface area (Å²) in [5, 5.41) is 0.0964. The van der Waals surface area contributed by atoms with E-state index in [1.165, 1.54) is 83.5 Å². The molecule has 0 saturated carbocycles. The summed E-state index contributed by atoms with van der Waals surface area (Å²) in [5.41, 5.74) is -0.502. The maximum Gasteiger partial charge on any atom is 0.238 e. The lowest BCUT2D eigenvalue weighted by molar-refractivity contribution is -0.300. The number of rotatable bonds is 20. The molecule has 0 radical (unpaired) electrons. The highest BCUT2D eigenvalue weighted by Crippen LogP contribution is 2.38. The fourth-order valence-electron chi connectivity index (χ4n) is 3.71. The van der Waals surface area contributed by atoms with Crippen LogP contribution in [0.25, 0.3) is 0 Å². The van der Waals surface area contributed by atoms with E-state index < -0.39 is 13.9 Å². The Morgan fingerprint density at radius 2 is 1.10 bits per heavy atom. The largest absolute Gasteiger partial charge is 0.300 e. The van der Waals surface area contributed by atoms with Crippen molar-refractivity contribution in [2.45, 2.75) is 168 Å². The van der Waals surface area contributed by atoms with Crippen molar-refractivity contribution in [1.29, 1.82) is 0 Å². The summed E-state index contributed by atoms with van der Waals surface area (Å²) in [5.74, 6) is 0.173. The molecule has 0 unspecified atom stereocenters. The molecule has 0 aromatic carbocycles. The monoisotopic (exact) mass is 456 g/mol. The molecule has 0 N–H and O–H groups in total. The fraction of sp³-hybridized carbons (Fsp3) is 0.963. The van der Waals surface area contributed by atoms with Gasteiger partial charge in [-0.25, -0.2) is 4.89 Å². The van der Waals surface area contributed by atoms with Gasteiger partial charge in [-0.1, -0.05) is 118 Å². The predicted molar refractivity (Wildman–Crippen MR) is 138 cm³/mol. The van der Waals surface area contributed by atoms with Crippen LogP contribution >= 0.6 is 0 Å². The van der Waals surface area contributed by atoms with Gasteiger partial charge in [0.05, 0.1) is 0 Å². The minimum absolute atomic E-state index is 0.0964. The van der Waals surface area contributed by atoms with Gasteiger partial charge >= 0.3 is 0 Å². The predicted octanol–water partition coefficient (Wildman–Crippen LogP) is 9.55. The second-order valence-corrected chi connectivity index (χ2v) is 16.3. The van der Waals surface area contributed by atoms with Gasteiger partial charge in [-0.15, -0.1) is 0 Å². The molecule has 0 aromatic rings. The summed E-state index contributed by atoms with van der Waals surface area (Å²) in [7, 11) is -1.99. The highest BCUT2D eigenvalue weighted by Gasteiger charge is 2.41. The smallest absolute Gasteiger partial charge is 0.238 e. The SMILES string of the molecule is CCCCCCCCCCCCCCCC[C@@](C)(CC(C)=O)OO[Si](C)(C)C(C)(C)C. The summed E-state index contributed by atoms with van der Waals surface area (Å²) in [4.78, 5) is 17.8. The van der Waals surface area contributed by atoms with Crippen molar-refractivity contribution in [3.63, 3.8) is 0 Å². The van der Waals surface area contributed by atoms with Crippen LogP contribution in [-0.2, 0) is 14.3 Å². The Morgan fingerprint density at radius 1 is 0.710 bits per heavy atom. The van der Waals surface area contributed by atoms with Crippen molar-refractivity contribution >= 4 is 14.1 Å². The Kier molecular flexibility index (Phi) is 16.3. The Morgan fingerprint density at radius 3 is 1.45 bits per heavy atom. The molecule has 0 rings (SSSR count). The zero-order valence-corrected chi connectivity index (χ0v) is 23.5. The molecule has 0 spiro atoms. The van der Waals surface area contributed by atoms with E-state index in [0.29, 0.717) is 6.42 Å². The summed E-state index contributed by atoms with van der Waals surface area (Å²) < 4.78 is 6.02. The number of carbonyl (C=O) groups excluding carboxylic acids is 1. The Balaban J connectivity index is 3.96. The molecule has 0 bridgehead atoms. The molecule has 0 heterocycles. The quantitative estimate of drug-likeness (QED) is 0.0791. The topological polar surface area (TPSA) is 35.5 Å².